The number of nitrogens with zero attached hydrogens (tertiary/aromatic N) is 2. The van der Waals surface area contributed by atoms with E-state index in [1.165, 1.54) is 18.2 Å². The van der Waals surface area contributed by atoms with Gasteiger partial charge in [0.15, 0.2) is 0 Å². The van der Waals surface area contributed by atoms with Gasteiger partial charge in [0, 0.05) is 11.9 Å². The van der Waals surface area contributed by atoms with E-state index < -0.39 is 0 Å². The first-order valence-corrected chi connectivity index (χ1v) is 6.65. The summed E-state index contributed by atoms with van der Waals surface area (Å²) in [5.74, 6) is 0.283. The molecular weight excluding hydrogens is 293 g/mol. The number of anilines is 1. The van der Waals surface area contributed by atoms with Crippen LogP contribution in [0.2, 0.25) is 5.28 Å². The van der Waals surface area contributed by atoms with Gasteiger partial charge in [0.2, 0.25) is 5.28 Å². The normalized spacial score (nSPS) is 10.8. The highest BCUT2D eigenvalue weighted by Crippen LogP contribution is 2.28. The maximum atomic E-state index is 12.9. The number of phenolic OH excluding ortho intramolecular Hbond substituents is 1. The number of hydrogen-bond donors (Lipinski definition) is 2. The van der Waals surface area contributed by atoms with Gasteiger partial charge in [-0.3, -0.25) is 0 Å². The van der Waals surface area contributed by atoms with E-state index in [0.29, 0.717) is 23.3 Å². The third-order valence-corrected chi connectivity index (χ3v) is 3.22. The Balaban J connectivity index is 1.93. The lowest BCUT2D eigenvalue weighted by molar-refractivity contribution is 0.480. The van der Waals surface area contributed by atoms with Crippen molar-refractivity contribution < 1.29 is 9.50 Å². The van der Waals surface area contributed by atoms with Crippen LogP contribution in [0.4, 0.5) is 10.2 Å². The summed E-state index contributed by atoms with van der Waals surface area (Å²) in [5.41, 5.74) is 1.29. The summed E-state index contributed by atoms with van der Waals surface area (Å²) in [7, 11) is 0. The number of nitrogens with one attached hydrogen (secondary N) is 1. The predicted octanol–water partition coefficient (Wildman–Crippen LogP) is 3.74. The summed E-state index contributed by atoms with van der Waals surface area (Å²) >= 11 is 5.88. The SMILES string of the molecule is Oc1cccc2c(NCc3ccc(F)cc3)nc(Cl)nc12. The summed E-state index contributed by atoms with van der Waals surface area (Å²) in [6.45, 7) is 0.457. The number of aromatic hydroxyl groups is 1. The van der Waals surface area contributed by atoms with Gasteiger partial charge in [-0.1, -0.05) is 18.2 Å². The Kier molecular flexibility index (Phi) is 3.58. The topological polar surface area (TPSA) is 58.0 Å². The molecule has 21 heavy (non-hydrogen) atoms. The van der Waals surface area contributed by atoms with E-state index in [1.807, 2.05) is 0 Å². The zero-order valence-corrected chi connectivity index (χ0v) is 11.6. The van der Waals surface area contributed by atoms with Gasteiger partial charge >= 0.3 is 0 Å². The van der Waals surface area contributed by atoms with Crippen LogP contribution >= 0.6 is 11.6 Å². The van der Waals surface area contributed by atoms with E-state index in [4.69, 9.17) is 11.6 Å². The lowest BCUT2D eigenvalue weighted by Gasteiger charge is -2.09. The molecule has 0 saturated carbocycles. The summed E-state index contributed by atoms with van der Waals surface area (Å²) in [6, 6.07) is 11.2. The Bertz CT molecular complexity index is 793. The van der Waals surface area contributed by atoms with Gasteiger partial charge in [0.05, 0.1) is 0 Å². The zero-order valence-electron chi connectivity index (χ0n) is 10.8. The minimum absolute atomic E-state index is 0.0432. The Morgan fingerprint density at radius 2 is 1.86 bits per heavy atom. The average Bonchev–Trinajstić information content (AvgIpc) is 2.47. The minimum atomic E-state index is -0.279. The van der Waals surface area contributed by atoms with Gasteiger partial charge in [0.1, 0.15) is 22.9 Å². The van der Waals surface area contributed by atoms with Crippen molar-refractivity contribution in [3.8, 4) is 5.75 Å². The fraction of sp³-hybridized carbons (Fsp3) is 0.0667. The molecule has 0 aliphatic carbocycles. The third-order valence-electron chi connectivity index (χ3n) is 3.05. The van der Waals surface area contributed by atoms with E-state index >= 15 is 0 Å². The third kappa shape index (κ3) is 2.87. The highest BCUT2D eigenvalue weighted by atomic mass is 35.5. The molecule has 0 aliphatic rings. The quantitative estimate of drug-likeness (QED) is 0.724. The Morgan fingerprint density at radius 1 is 1.10 bits per heavy atom. The summed E-state index contributed by atoms with van der Waals surface area (Å²) in [4.78, 5) is 8.15. The van der Waals surface area contributed by atoms with E-state index in [9.17, 15) is 9.50 Å². The molecule has 0 unspecified atom stereocenters. The molecule has 0 saturated heterocycles. The van der Waals surface area contributed by atoms with Crippen LogP contribution in [0.25, 0.3) is 10.9 Å². The summed E-state index contributed by atoms with van der Waals surface area (Å²) in [6.07, 6.45) is 0. The number of hydrogen-bond acceptors (Lipinski definition) is 4. The second-order valence-electron chi connectivity index (χ2n) is 4.49. The van der Waals surface area contributed by atoms with Gasteiger partial charge in [0.25, 0.3) is 0 Å². The molecule has 0 radical (unpaired) electrons. The molecule has 3 rings (SSSR count). The lowest BCUT2D eigenvalue weighted by Crippen LogP contribution is -2.03. The first-order chi connectivity index (χ1) is 10.1. The van der Waals surface area contributed by atoms with Gasteiger partial charge in [-0.2, -0.15) is 0 Å². The molecule has 1 aromatic heterocycles. The second-order valence-corrected chi connectivity index (χ2v) is 4.83. The lowest BCUT2D eigenvalue weighted by atomic mass is 10.2. The van der Waals surface area contributed by atoms with Gasteiger partial charge in [-0.15, -0.1) is 0 Å². The predicted molar refractivity (Wildman–Crippen MR) is 79.9 cm³/mol. The first-order valence-electron chi connectivity index (χ1n) is 6.27. The van der Waals surface area contributed by atoms with E-state index in [-0.39, 0.29) is 16.9 Å². The largest absolute Gasteiger partial charge is 0.506 e. The van der Waals surface area contributed by atoms with Crippen LogP contribution in [0, 0.1) is 5.82 Å². The maximum Gasteiger partial charge on any atom is 0.225 e. The Morgan fingerprint density at radius 3 is 2.62 bits per heavy atom. The van der Waals surface area contributed by atoms with Crippen molar-refractivity contribution >= 4 is 28.3 Å². The second kappa shape index (κ2) is 5.54. The number of fused-ring (bicyclic) bond motifs is 1. The van der Waals surface area contributed by atoms with Crippen LogP contribution in [0.5, 0.6) is 5.75 Å². The monoisotopic (exact) mass is 303 g/mol. The molecule has 0 aliphatic heterocycles. The first kappa shape index (κ1) is 13.6. The molecule has 2 aromatic carbocycles. The molecule has 3 aromatic rings. The highest BCUT2D eigenvalue weighted by molar-refractivity contribution is 6.29. The molecule has 0 amide bonds. The van der Waals surface area contributed by atoms with E-state index in [2.05, 4.69) is 15.3 Å². The summed E-state index contributed by atoms with van der Waals surface area (Å²) < 4.78 is 12.9. The van der Waals surface area contributed by atoms with E-state index in [1.54, 1.807) is 24.3 Å². The van der Waals surface area contributed by atoms with Crippen LogP contribution in [0.3, 0.4) is 0 Å². The maximum absolute atomic E-state index is 12.9. The van der Waals surface area contributed by atoms with Gasteiger partial charge < -0.3 is 10.4 Å². The molecule has 2 N–H and O–H groups in total. The molecule has 0 bridgehead atoms. The number of benzene rings is 2. The van der Waals surface area contributed by atoms with Gasteiger partial charge in [-0.05, 0) is 41.4 Å². The molecule has 0 fully saturated rings. The fourth-order valence-corrected chi connectivity index (χ4v) is 2.20. The van der Waals surface area contributed by atoms with Crippen molar-refractivity contribution in [2.24, 2.45) is 0 Å². The number of para-hydroxylation sites is 1. The molecule has 1 heterocycles. The van der Waals surface area contributed by atoms with Crippen LogP contribution in [-0.4, -0.2) is 15.1 Å². The van der Waals surface area contributed by atoms with Gasteiger partial charge in [-0.25, -0.2) is 14.4 Å². The van der Waals surface area contributed by atoms with Crippen LogP contribution in [0.15, 0.2) is 42.5 Å². The standard InChI is InChI=1S/C15H11ClFN3O/c16-15-19-13-11(2-1-3-12(13)21)14(20-15)18-8-9-4-6-10(17)7-5-9/h1-7,21H,8H2,(H,18,19,20). The molecular formula is C15H11ClFN3O. The highest BCUT2D eigenvalue weighted by Gasteiger charge is 2.09. The van der Waals surface area contributed by atoms with Crippen molar-refractivity contribution in [1.29, 1.82) is 0 Å². The number of aromatic nitrogens is 2. The molecule has 4 nitrogen and oxygen atoms in total. The number of halogens is 2. The minimum Gasteiger partial charge on any atom is -0.506 e. The van der Waals surface area contributed by atoms with Crippen molar-refractivity contribution in [3.63, 3.8) is 0 Å². The summed E-state index contributed by atoms with van der Waals surface area (Å²) in [5, 5.41) is 13.7. The molecule has 106 valence electrons. The Hall–Kier alpha value is -2.40. The van der Waals surface area contributed by atoms with Crippen LogP contribution in [-0.2, 0) is 6.54 Å². The number of phenols is 1. The van der Waals surface area contributed by atoms with Crippen LogP contribution in [0.1, 0.15) is 5.56 Å². The average molecular weight is 304 g/mol. The Labute approximate surface area is 125 Å². The fourth-order valence-electron chi connectivity index (χ4n) is 2.03. The molecule has 0 spiro atoms. The van der Waals surface area contributed by atoms with Crippen molar-refractivity contribution in [1.82, 2.24) is 9.97 Å². The number of rotatable bonds is 3. The smallest absolute Gasteiger partial charge is 0.225 e. The van der Waals surface area contributed by atoms with E-state index in [0.717, 1.165) is 5.56 Å². The molecule has 6 heteroatoms. The zero-order chi connectivity index (χ0) is 14.8. The molecule has 0 atom stereocenters. The van der Waals surface area contributed by atoms with Crippen molar-refractivity contribution in [3.05, 3.63) is 59.1 Å². The van der Waals surface area contributed by atoms with Crippen molar-refractivity contribution in [2.75, 3.05) is 5.32 Å². The van der Waals surface area contributed by atoms with Crippen molar-refractivity contribution in [2.45, 2.75) is 6.54 Å². The van der Waals surface area contributed by atoms with Crippen LogP contribution < -0.4 is 5.32 Å².